The van der Waals surface area contributed by atoms with E-state index in [1.54, 1.807) is 0 Å². The molecule has 2 heteroatoms. The van der Waals surface area contributed by atoms with Crippen LogP contribution in [0.4, 0.5) is 0 Å². The number of hydrogen-bond donors (Lipinski definition) is 1. The standard InChI is InChI=1S/C15H12N2/c16-11-10-15(14-8-4-5-9-14)17-12-13-6-2-1-3-7-13/h1-8,10,17H,12H2/b15-10+. The van der Waals surface area contributed by atoms with Gasteiger partial charge in [-0.2, -0.15) is 5.26 Å². The zero-order valence-electron chi connectivity index (χ0n) is 9.35. The topological polar surface area (TPSA) is 35.8 Å². The van der Waals surface area contributed by atoms with Crippen LogP contribution in [0.5, 0.6) is 0 Å². The molecular weight excluding hydrogens is 208 g/mol. The first kappa shape index (κ1) is 11.0. The Kier molecular flexibility index (Phi) is 3.60. The van der Waals surface area contributed by atoms with Crippen molar-refractivity contribution < 1.29 is 0 Å². The summed E-state index contributed by atoms with van der Waals surface area (Å²) in [7, 11) is 0. The molecule has 0 aliphatic heterocycles. The molecule has 2 rings (SSSR count). The summed E-state index contributed by atoms with van der Waals surface area (Å²) in [5.74, 6) is 0. The van der Waals surface area contributed by atoms with Crippen LogP contribution < -0.4 is 5.32 Å². The number of benzene rings is 1. The molecule has 1 aromatic carbocycles. The van der Waals surface area contributed by atoms with Crippen LogP contribution in [0, 0.1) is 11.3 Å². The van der Waals surface area contributed by atoms with Crippen LogP contribution in [0.3, 0.4) is 0 Å². The fourth-order valence-electron chi connectivity index (χ4n) is 1.58. The third kappa shape index (κ3) is 2.98. The number of hydrogen-bond acceptors (Lipinski definition) is 2. The fourth-order valence-corrected chi connectivity index (χ4v) is 1.58. The summed E-state index contributed by atoms with van der Waals surface area (Å²) >= 11 is 0. The summed E-state index contributed by atoms with van der Waals surface area (Å²) in [6, 6.07) is 12.1. The van der Waals surface area contributed by atoms with Crippen LogP contribution in [-0.4, -0.2) is 0 Å². The largest absolute Gasteiger partial charge is 0.379 e. The molecule has 0 bridgehead atoms. The first-order chi connectivity index (χ1) is 8.40. The average Bonchev–Trinajstić information content (AvgIpc) is 2.89. The van der Waals surface area contributed by atoms with E-state index >= 15 is 0 Å². The highest BCUT2D eigenvalue weighted by Crippen LogP contribution is 2.12. The number of rotatable bonds is 4. The van der Waals surface area contributed by atoms with Crippen LogP contribution in [0.2, 0.25) is 0 Å². The van der Waals surface area contributed by atoms with Gasteiger partial charge in [0.15, 0.2) is 0 Å². The van der Waals surface area contributed by atoms with Crippen LogP contribution in [0.1, 0.15) is 5.56 Å². The average molecular weight is 220 g/mol. The zero-order valence-corrected chi connectivity index (χ0v) is 9.35. The molecule has 0 fully saturated rings. The second-order valence-electron chi connectivity index (χ2n) is 3.61. The third-order valence-corrected chi connectivity index (χ3v) is 2.42. The Morgan fingerprint density at radius 2 is 2.18 bits per heavy atom. The van der Waals surface area contributed by atoms with Gasteiger partial charge in [-0.1, -0.05) is 36.4 Å². The summed E-state index contributed by atoms with van der Waals surface area (Å²) in [4.78, 5) is 0. The summed E-state index contributed by atoms with van der Waals surface area (Å²) in [6.45, 7) is 0.702. The van der Waals surface area contributed by atoms with Gasteiger partial charge < -0.3 is 5.32 Å². The molecule has 17 heavy (non-hydrogen) atoms. The maximum atomic E-state index is 8.75. The summed E-state index contributed by atoms with van der Waals surface area (Å²) in [6.07, 6.45) is 7.19. The van der Waals surface area contributed by atoms with Gasteiger partial charge in [0, 0.05) is 18.2 Å². The van der Waals surface area contributed by atoms with E-state index in [9.17, 15) is 0 Å². The molecule has 0 heterocycles. The molecule has 2 nitrogen and oxygen atoms in total. The van der Waals surface area contributed by atoms with Gasteiger partial charge in [-0.3, -0.25) is 0 Å². The van der Waals surface area contributed by atoms with Crippen molar-refractivity contribution in [1.82, 2.24) is 5.32 Å². The van der Waals surface area contributed by atoms with Crippen molar-refractivity contribution in [2.24, 2.45) is 0 Å². The van der Waals surface area contributed by atoms with Gasteiger partial charge in [0.1, 0.15) is 0 Å². The van der Waals surface area contributed by atoms with Gasteiger partial charge in [0.2, 0.25) is 0 Å². The smallest absolute Gasteiger partial charge is 0.0934 e. The van der Waals surface area contributed by atoms with Gasteiger partial charge in [0.25, 0.3) is 0 Å². The molecule has 0 saturated carbocycles. The van der Waals surface area contributed by atoms with Crippen LogP contribution in [0.25, 0.3) is 0 Å². The maximum Gasteiger partial charge on any atom is 0.0934 e. The lowest BCUT2D eigenvalue weighted by Gasteiger charge is -2.08. The van der Waals surface area contributed by atoms with Gasteiger partial charge >= 0.3 is 0 Å². The Labute approximate surface area is 101 Å². The van der Waals surface area contributed by atoms with Crippen molar-refractivity contribution in [3.8, 4) is 6.07 Å². The van der Waals surface area contributed by atoms with E-state index in [4.69, 9.17) is 5.26 Å². The van der Waals surface area contributed by atoms with Crippen molar-refractivity contribution in [2.75, 3.05) is 0 Å². The highest BCUT2D eigenvalue weighted by Gasteiger charge is 2.03. The first-order valence-corrected chi connectivity index (χ1v) is 5.41. The number of nitrogens with one attached hydrogen (secondary N) is 1. The Balaban J connectivity index is 2.06. The molecular formula is C15H12N2. The van der Waals surface area contributed by atoms with Crippen LogP contribution >= 0.6 is 0 Å². The summed E-state index contributed by atoms with van der Waals surface area (Å²) in [5, 5.41) is 12.0. The predicted molar refractivity (Wildman–Crippen MR) is 67.7 cm³/mol. The predicted octanol–water partition coefficient (Wildman–Crippen LogP) is 2.83. The SMILES string of the molecule is N#C/C=C(/NCc1ccccc1)C1=C=CC=C1. The normalized spacial score (nSPS) is 13.4. The minimum absolute atomic E-state index is 0.702. The number of allylic oxidation sites excluding steroid dienone is 3. The highest BCUT2D eigenvalue weighted by molar-refractivity contribution is 5.45. The second-order valence-corrected chi connectivity index (χ2v) is 3.61. The van der Waals surface area contributed by atoms with Gasteiger partial charge in [-0.15, -0.1) is 5.73 Å². The van der Waals surface area contributed by atoms with E-state index < -0.39 is 0 Å². The molecule has 0 spiro atoms. The molecule has 1 aromatic rings. The molecule has 1 aliphatic carbocycles. The molecule has 1 aliphatic rings. The van der Waals surface area contributed by atoms with Crippen molar-refractivity contribution in [3.63, 3.8) is 0 Å². The highest BCUT2D eigenvalue weighted by atomic mass is 14.9. The Morgan fingerprint density at radius 3 is 2.82 bits per heavy atom. The lowest BCUT2D eigenvalue weighted by molar-refractivity contribution is 0.826. The minimum Gasteiger partial charge on any atom is -0.379 e. The molecule has 82 valence electrons. The Bertz CT molecular complexity index is 550. The van der Waals surface area contributed by atoms with Crippen molar-refractivity contribution >= 4 is 0 Å². The quantitative estimate of drug-likeness (QED) is 0.625. The summed E-state index contributed by atoms with van der Waals surface area (Å²) < 4.78 is 0. The van der Waals surface area contributed by atoms with E-state index in [2.05, 4.69) is 11.0 Å². The number of nitrogens with zero attached hydrogens (tertiary/aromatic N) is 1. The minimum atomic E-state index is 0.702. The van der Waals surface area contributed by atoms with E-state index in [1.807, 2.05) is 54.6 Å². The van der Waals surface area contributed by atoms with Crippen LogP contribution in [0.15, 0.2) is 71.6 Å². The number of nitriles is 1. The fraction of sp³-hybridized carbons (Fsp3) is 0.0667. The second kappa shape index (κ2) is 5.55. The molecule has 0 aromatic heterocycles. The molecule has 0 saturated heterocycles. The monoisotopic (exact) mass is 220 g/mol. The lowest BCUT2D eigenvalue weighted by atomic mass is 10.2. The van der Waals surface area contributed by atoms with Gasteiger partial charge in [-0.05, 0) is 17.7 Å². The van der Waals surface area contributed by atoms with E-state index in [0.717, 1.165) is 11.3 Å². The molecule has 0 radical (unpaired) electrons. The van der Waals surface area contributed by atoms with Crippen LogP contribution in [-0.2, 0) is 6.54 Å². The Morgan fingerprint density at radius 1 is 1.35 bits per heavy atom. The maximum absolute atomic E-state index is 8.75. The van der Waals surface area contributed by atoms with E-state index in [0.29, 0.717) is 6.54 Å². The van der Waals surface area contributed by atoms with Gasteiger partial charge in [0.05, 0.1) is 11.8 Å². The van der Waals surface area contributed by atoms with Crippen molar-refractivity contribution in [1.29, 1.82) is 5.26 Å². The first-order valence-electron chi connectivity index (χ1n) is 5.41. The van der Waals surface area contributed by atoms with E-state index in [1.165, 1.54) is 11.6 Å². The Hall–Kier alpha value is -2.49. The van der Waals surface area contributed by atoms with Gasteiger partial charge in [-0.25, -0.2) is 0 Å². The van der Waals surface area contributed by atoms with E-state index in [-0.39, 0.29) is 0 Å². The molecule has 0 unspecified atom stereocenters. The lowest BCUT2D eigenvalue weighted by Crippen LogP contribution is -2.13. The molecule has 1 N–H and O–H groups in total. The molecule has 0 atom stereocenters. The zero-order chi connectivity index (χ0) is 11.9. The summed E-state index contributed by atoms with van der Waals surface area (Å²) in [5.41, 5.74) is 5.99. The molecule has 0 amide bonds. The third-order valence-electron chi connectivity index (χ3n) is 2.42. The van der Waals surface area contributed by atoms with Crippen molar-refractivity contribution in [2.45, 2.75) is 6.54 Å². The van der Waals surface area contributed by atoms with Crippen molar-refractivity contribution in [3.05, 3.63) is 77.2 Å².